The monoisotopic (exact) mass is 292 g/mol. The van der Waals surface area contributed by atoms with Crippen LogP contribution in [0, 0.1) is 35.6 Å². The van der Waals surface area contributed by atoms with Crippen LogP contribution in [0.25, 0.3) is 0 Å². The van der Waals surface area contributed by atoms with Crippen molar-refractivity contribution in [2.24, 2.45) is 5.73 Å². The number of benzene rings is 2. The highest BCUT2D eigenvalue weighted by Gasteiger charge is 2.22. The van der Waals surface area contributed by atoms with Gasteiger partial charge in [-0.1, -0.05) is 12.1 Å². The normalized spacial score (nSPS) is 12.2. The molecule has 110 valence electrons. The molecule has 1 atom stereocenters. The number of rotatable bonds is 3. The predicted molar refractivity (Wildman–Crippen MR) is 75.0 cm³/mol. The molecule has 2 N–H and O–H groups in total. The first-order chi connectivity index (χ1) is 9.82. The van der Waals surface area contributed by atoms with Crippen molar-refractivity contribution in [2.45, 2.75) is 19.9 Å². The van der Waals surface area contributed by atoms with Crippen molar-refractivity contribution < 1.29 is 13.7 Å². The number of nitro benzene ring substituents is 1. The molecule has 4 nitrogen and oxygen atoms in total. The molecule has 1 unspecified atom stereocenters. The summed E-state index contributed by atoms with van der Waals surface area (Å²) in [5.74, 6) is -1.55. The van der Waals surface area contributed by atoms with E-state index in [4.69, 9.17) is 5.73 Å². The van der Waals surface area contributed by atoms with Gasteiger partial charge in [0.05, 0.1) is 11.0 Å². The van der Waals surface area contributed by atoms with Crippen molar-refractivity contribution in [3.63, 3.8) is 0 Å². The molecule has 2 rings (SSSR count). The Kier molecular flexibility index (Phi) is 3.99. The Morgan fingerprint density at radius 1 is 1.19 bits per heavy atom. The SMILES string of the molecule is Cc1cc(C(N)c2c(F)cccc2F)cc([N+](=O)[O-])c1C. The maximum atomic E-state index is 13.8. The summed E-state index contributed by atoms with van der Waals surface area (Å²) in [5.41, 5.74) is 6.94. The fourth-order valence-corrected chi connectivity index (χ4v) is 2.21. The quantitative estimate of drug-likeness (QED) is 0.695. The first-order valence-corrected chi connectivity index (χ1v) is 6.28. The van der Waals surface area contributed by atoms with E-state index in [0.29, 0.717) is 16.7 Å². The van der Waals surface area contributed by atoms with Crippen LogP contribution in [0.2, 0.25) is 0 Å². The minimum Gasteiger partial charge on any atom is -0.320 e. The number of nitrogens with zero attached hydrogens (tertiary/aromatic N) is 1. The number of hydrogen-bond donors (Lipinski definition) is 1. The van der Waals surface area contributed by atoms with Crippen molar-refractivity contribution in [3.8, 4) is 0 Å². The zero-order valence-electron chi connectivity index (χ0n) is 11.6. The van der Waals surface area contributed by atoms with E-state index in [0.717, 1.165) is 12.1 Å². The average Bonchev–Trinajstić information content (AvgIpc) is 2.40. The molecular formula is C15H14F2N2O2. The van der Waals surface area contributed by atoms with Gasteiger partial charge in [0.2, 0.25) is 0 Å². The summed E-state index contributed by atoms with van der Waals surface area (Å²) in [4.78, 5) is 10.5. The molecule has 0 fully saturated rings. The van der Waals surface area contributed by atoms with Crippen LogP contribution in [0.5, 0.6) is 0 Å². The van der Waals surface area contributed by atoms with Crippen molar-refractivity contribution in [3.05, 3.63) is 74.3 Å². The maximum absolute atomic E-state index is 13.8. The van der Waals surface area contributed by atoms with Gasteiger partial charge in [-0.2, -0.15) is 0 Å². The second kappa shape index (κ2) is 5.57. The minimum absolute atomic E-state index is 0.114. The Morgan fingerprint density at radius 2 is 1.76 bits per heavy atom. The second-order valence-corrected chi connectivity index (χ2v) is 4.85. The van der Waals surface area contributed by atoms with Gasteiger partial charge in [-0.3, -0.25) is 10.1 Å². The third-order valence-electron chi connectivity index (χ3n) is 3.53. The topological polar surface area (TPSA) is 69.2 Å². The summed E-state index contributed by atoms with van der Waals surface area (Å²) in [6.45, 7) is 3.31. The average molecular weight is 292 g/mol. The molecule has 21 heavy (non-hydrogen) atoms. The van der Waals surface area contributed by atoms with Crippen molar-refractivity contribution in [1.82, 2.24) is 0 Å². The summed E-state index contributed by atoms with van der Waals surface area (Å²) in [5, 5.41) is 11.0. The van der Waals surface area contributed by atoms with Crippen LogP contribution < -0.4 is 5.73 Å². The van der Waals surface area contributed by atoms with E-state index in [9.17, 15) is 18.9 Å². The summed E-state index contributed by atoms with van der Waals surface area (Å²) in [6, 6.07) is 5.22. The molecule has 2 aromatic rings. The lowest BCUT2D eigenvalue weighted by Gasteiger charge is -2.16. The summed E-state index contributed by atoms with van der Waals surface area (Å²) >= 11 is 0. The van der Waals surface area contributed by atoms with Crippen molar-refractivity contribution >= 4 is 5.69 Å². The molecule has 0 bridgehead atoms. The van der Waals surface area contributed by atoms with Gasteiger partial charge in [-0.25, -0.2) is 8.78 Å². The Morgan fingerprint density at radius 3 is 2.29 bits per heavy atom. The molecular weight excluding hydrogens is 278 g/mol. The molecule has 0 heterocycles. The first-order valence-electron chi connectivity index (χ1n) is 6.28. The standard InChI is InChI=1S/C15H14F2N2O2/c1-8-6-10(7-13(9(8)2)19(20)21)15(18)14-11(16)4-3-5-12(14)17/h3-7,15H,18H2,1-2H3. The first kappa shape index (κ1) is 15.1. The molecule has 0 aliphatic carbocycles. The smallest absolute Gasteiger partial charge is 0.272 e. The van der Waals surface area contributed by atoms with Crippen LogP contribution in [0.15, 0.2) is 30.3 Å². The fourth-order valence-electron chi connectivity index (χ4n) is 2.21. The van der Waals surface area contributed by atoms with Gasteiger partial charge in [0.1, 0.15) is 11.6 Å². The van der Waals surface area contributed by atoms with E-state index in [1.165, 1.54) is 12.1 Å². The van der Waals surface area contributed by atoms with E-state index in [-0.39, 0.29) is 11.3 Å². The Bertz CT molecular complexity index is 697. The zero-order chi connectivity index (χ0) is 15.7. The molecule has 0 aliphatic heterocycles. The van der Waals surface area contributed by atoms with Crippen LogP contribution >= 0.6 is 0 Å². The lowest BCUT2D eigenvalue weighted by molar-refractivity contribution is -0.385. The molecule has 0 aliphatic rings. The van der Waals surface area contributed by atoms with Crippen molar-refractivity contribution in [1.29, 1.82) is 0 Å². The van der Waals surface area contributed by atoms with Gasteiger partial charge in [0.25, 0.3) is 5.69 Å². The Hall–Kier alpha value is -2.34. The molecule has 0 amide bonds. The highest BCUT2D eigenvalue weighted by molar-refractivity contribution is 5.50. The summed E-state index contributed by atoms with van der Waals surface area (Å²) < 4.78 is 27.5. The van der Waals surface area contributed by atoms with Crippen LogP contribution in [-0.2, 0) is 0 Å². The second-order valence-electron chi connectivity index (χ2n) is 4.85. The molecule has 0 spiro atoms. The molecule has 0 aromatic heterocycles. The Labute approximate surface area is 120 Å². The molecule has 2 aromatic carbocycles. The predicted octanol–water partition coefficient (Wildman–Crippen LogP) is 3.54. The van der Waals surface area contributed by atoms with E-state index in [1.54, 1.807) is 19.9 Å². The van der Waals surface area contributed by atoms with Gasteiger partial charge in [-0.15, -0.1) is 0 Å². The maximum Gasteiger partial charge on any atom is 0.272 e. The van der Waals surface area contributed by atoms with Gasteiger partial charge in [0, 0.05) is 17.2 Å². The third kappa shape index (κ3) is 2.75. The summed E-state index contributed by atoms with van der Waals surface area (Å²) in [6.07, 6.45) is 0. The van der Waals surface area contributed by atoms with E-state index in [2.05, 4.69) is 0 Å². The Balaban J connectivity index is 2.59. The lowest BCUT2D eigenvalue weighted by atomic mass is 9.94. The van der Waals surface area contributed by atoms with Gasteiger partial charge in [-0.05, 0) is 37.1 Å². The van der Waals surface area contributed by atoms with E-state index < -0.39 is 22.6 Å². The minimum atomic E-state index is -1.11. The van der Waals surface area contributed by atoms with Crippen LogP contribution in [-0.4, -0.2) is 4.92 Å². The highest BCUT2D eigenvalue weighted by atomic mass is 19.1. The zero-order valence-corrected chi connectivity index (χ0v) is 11.6. The number of nitro groups is 1. The number of hydrogen-bond acceptors (Lipinski definition) is 3. The van der Waals surface area contributed by atoms with E-state index >= 15 is 0 Å². The highest BCUT2D eigenvalue weighted by Crippen LogP contribution is 2.30. The largest absolute Gasteiger partial charge is 0.320 e. The molecule has 0 radical (unpaired) electrons. The number of aryl methyl sites for hydroxylation is 1. The lowest BCUT2D eigenvalue weighted by Crippen LogP contribution is -2.16. The molecule has 0 saturated carbocycles. The molecule has 0 saturated heterocycles. The fraction of sp³-hybridized carbons (Fsp3) is 0.200. The molecule has 6 heteroatoms. The van der Waals surface area contributed by atoms with Gasteiger partial charge < -0.3 is 5.73 Å². The number of nitrogens with two attached hydrogens (primary N) is 1. The summed E-state index contributed by atoms with van der Waals surface area (Å²) in [7, 11) is 0. The van der Waals surface area contributed by atoms with E-state index in [1.807, 2.05) is 0 Å². The third-order valence-corrected chi connectivity index (χ3v) is 3.53. The van der Waals surface area contributed by atoms with Gasteiger partial charge >= 0.3 is 0 Å². The van der Waals surface area contributed by atoms with Gasteiger partial charge in [0.15, 0.2) is 0 Å². The van der Waals surface area contributed by atoms with Crippen LogP contribution in [0.4, 0.5) is 14.5 Å². The van der Waals surface area contributed by atoms with Crippen molar-refractivity contribution in [2.75, 3.05) is 0 Å². The van der Waals surface area contributed by atoms with Crippen LogP contribution in [0.3, 0.4) is 0 Å². The number of halogens is 2. The van der Waals surface area contributed by atoms with Crippen LogP contribution in [0.1, 0.15) is 28.3 Å².